The van der Waals surface area contributed by atoms with E-state index >= 15 is 0 Å². The number of amides is 3. The lowest BCUT2D eigenvalue weighted by atomic mass is 10.0. The van der Waals surface area contributed by atoms with Crippen molar-refractivity contribution in [1.29, 1.82) is 0 Å². The number of aliphatic carboxylic acids is 1. The molecule has 3 unspecified atom stereocenters. The van der Waals surface area contributed by atoms with Gasteiger partial charge in [-0.15, -0.1) is 0 Å². The van der Waals surface area contributed by atoms with Crippen LogP contribution in [0.3, 0.4) is 0 Å². The summed E-state index contributed by atoms with van der Waals surface area (Å²) in [5.74, 6) is -2.55. The Kier molecular flexibility index (Phi) is 7.94. The number of carbonyl (C=O) groups is 4. The fourth-order valence-corrected chi connectivity index (χ4v) is 2.88. The molecule has 2 rings (SSSR count). The lowest BCUT2D eigenvalue weighted by Gasteiger charge is -2.20. The highest BCUT2D eigenvalue weighted by Crippen LogP contribution is 2.05. The van der Waals surface area contributed by atoms with Crippen LogP contribution >= 0.6 is 0 Å². The topological polar surface area (TPSA) is 137 Å². The predicted molar refractivity (Wildman–Crippen MR) is 101 cm³/mol. The molecule has 9 nitrogen and oxygen atoms in total. The summed E-state index contributed by atoms with van der Waals surface area (Å²) in [4.78, 5) is 47.7. The number of hydrogen-bond acceptors (Lipinski definition) is 5. The highest BCUT2D eigenvalue weighted by Gasteiger charge is 2.26. The minimum Gasteiger partial charge on any atom is -0.480 e. The van der Waals surface area contributed by atoms with Crippen molar-refractivity contribution < 1.29 is 24.3 Å². The molecule has 0 bridgehead atoms. The zero-order valence-corrected chi connectivity index (χ0v) is 15.7. The number of rotatable bonds is 9. The third kappa shape index (κ3) is 6.66. The number of hydrogen-bond donors (Lipinski definition) is 5. The maximum Gasteiger partial charge on any atom is 0.325 e. The van der Waals surface area contributed by atoms with Crippen LogP contribution in [0.15, 0.2) is 30.3 Å². The molecule has 0 aliphatic carbocycles. The van der Waals surface area contributed by atoms with Crippen molar-refractivity contribution in [1.82, 2.24) is 21.3 Å². The molecule has 0 saturated carbocycles. The number of carboxylic acid groups (broad SMARTS) is 1. The summed E-state index contributed by atoms with van der Waals surface area (Å²) < 4.78 is 0. The Labute approximate surface area is 163 Å². The van der Waals surface area contributed by atoms with Crippen LogP contribution < -0.4 is 21.3 Å². The molecule has 3 amide bonds. The summed E-state index contributed by atoms with van der Waals surface area (Å²) in [5, 5.41) is 19.5. The molecule has 1 aromatic rings. The summed E-state index contributed by atoms with van der Waals surface area (Å²) in [7, 11) is 0. The van der Waals surface area contributed by atoms with E-state index in [2.05, 4.69) is 21.3 Å². The number of carboxylic acids is 1. The molecule has 0 spiro atoms. The Balaban J connectivity index is 1.95. The van der Waals surface area contributed by atoms with Crippen LogP contribution in [0.4, 0.5) is 0 Å². The van der Waals surface area contributed by atoms with Gasteiger partial charge in [-0.25, -0.2) is 0 Å². The number of nitrogens with one attached hydrogen (secondary N) is 4. The zero-order valence-electron chi connectivity index (χ0n) is 15.7. The van der Waals surface area contributed by atoms with Gasteiger partial charge in [-0.05, 0) is 31.9 Å². The Morgan fingerprint density at radius 3 is 2.50 bits per heavy atom. The van der Waals surface area contributed by atoms with E-state index < -0.39 is 29.9 Å². The standard InChI is InChI=1S/C19H26N4O5/c1-12(19(27)28)22-18(26)15(10-13-6-3-2-4-7-13)23-16(24)11-21-17(25)14-8-5-9-20-14/h2-4,6-7,12,14-15,20H,5,8-11H2,1H3,(H,21,25)(H,22,26)(H,23,24)(H,27,28). The van der Waals surface area contributed by atoms with Crippen molar-refractivity contribution in [3.8, 4) is 0 Å². The molecule has 5 N–H and O–H groups in total. The average Bonchev–Trinajstić information content (AvgIpc) is 3.21. The van der Waals surface area contributed by atoms with E-state index in [1.807, 2.05) is 6.07 Å². The summed E-state index contributed by atoms with van der Waals surface area (Å²) in [6.07, 6.45) is 1.83. The molecule has 3 atom stereocenters. The highest BCUT2D eigenvalue weighted by molar-refractivity contribution is 5.92. The maximum absolute atomic E-state index is 12.5. The predicted octanol–water partition coefficient (Wildman–Crippen LogP) is -0.829. The van der Waals surface area contributed by atoms with Crippen molar-refractivity contribution in [3.05, 3.63) is 35.9 Å². The first-order chi connectivity index (χ1) is 13.4. The molecule has 152 valence electrons. The van der Waals surface area contributed by atoms with Crippen LogP contribution in [0, 0.1) is 0 Å². The van der Waals surface area contributed by atoms with Gasteiger partial charge in [0.15, 0.2) is 0 Å². The highest BCUT2D eigenvalue weighted by atomic mass is 16.4. The van der Waals surface area contributed by atoms with Gasteiger partial charge in [-0.3, -0.25) is 19.2 Å². The first kappa shape index (κ1) is 21.4. The molecule has 1 aromatic carbocycles. The molecule has 1 heterocycles. The fraction of sp³-hybridized carbons (Fsp3) is 0.474. The van der Waals surface area contributed by atoms with Crippen molar-refractivity contribution in [3.63, 3.8) is 0 Å². The maximum atomic E-state index is 12.5. The molecular weight excluding hydrogens is 364 g/mol. The first-order valence-electron chi connectivity index (χ1n) is 9.24. The minimum absolute atomic E-state index is 0.197. The van der Waals surface area contributed by atoms with Gasteiger partial charge >= 0.3 is 5.97 Å². The van der Waals surface area contributed by atoms with E-state index in [4.69, 9.17) is 5.11 Å². The van der Waals surface area contributed by atoms with Gasteiger partial charge < -0.3 is 26.4 Å². The first-order valence-corrected chi connectivity index (χ1v) is 9.24. The van der Waals surface area contributed by atoms with Crippen molar-refractivity contribution in [2.45, 2.75) is 44.3 Å². The zero-order chi connectivity index (χ0) is 20.5. The quantitative estimate of drug-likeness (QED) is 0.373. The second-order valence-electron chi connectivity index (χ2n) is 6.75. The summed E-state index contributed by atoms with van der Waals surface area (Å²) >= 11 is 0. The van der Waals surface area contributed by atoms with Gasteiger partial charge in [0.2, 0.25) is 17.7 Å². The number of carbonyl (C=O) groups excluding carboxylic acids is 3. The average molecular weight is 390 g/mol. The van der Waals surface area contributed by atoms with Crippen LogP contribution in [-0.2, 0) is 25.6 Å². The van der Waals surface area contributed by atoms with E-state index in [1.54, 1.807) is 24.3 Å². The Bertz CT molecular complexity index is 704. The van der Waals surface area contributed by atoms with E-state index in [-0.39, 0.29) is 24.9 Å². The van der Waals surface area contributed by atoms with Crippen molar-refractivity contribution in [2.24, 2.45) is 0 Å². The third-order valence-electron chi connectivity index (χ3n) is 4.46. The Morgan fingerprint density at radius 1 is 1.18 bits per heavy atom. The van der Waals surface area contributed by atoms with Crippen LogP contribution in [0.5, 0.6) is 0 Å². The van der Waals surface area contributed by atoms with Crippen molar-refractivity contribution in [2.75, 3.05) is 13.1 Å². The second kappa shape index (κ2) is 10.4. The molecule has 0 aromatic heterocycles. The van der Waals surface area contributed by atoms with Crippen LogP contribution in [0.25, 0.3) is 0 Å². The molecule has 1 aliphatic heterocycles. The number of benzene rings is 1. The van der Waals surface area contributed by atoms with Gasteiger partial charge in [-0.2, -0.15) is 0 Å². The lowest BCUT2D eigenvalue weighted by Crippen LogP contribution is -2.53. The molecule has 9 heteroatoms. The lowest BCUT2D eigenvalue weighted by molar-refractivity contribution is -0.141. The minimum atomic E-state index is -1.17. The normalized spacial score (nSPS) is 18.0. The van der Waals surface area contributed by atoms with Gasteiger partial charge in [-0.1, -0.05) is 30.3 Å². The molecule has 28 heavy (non-hydrogen) atoms. The smallest absolute Gasteiger partial charge is 0.325 e. The molecule has 0 radical (unpaired) electrons. The van der Waals surface area contributed by atoms with Crippen LogP contribution in [0.2, 0.25) is 0 Å². The molecule has 1 fully saturated rings. The van der Waals surface area contributed by atoms with Gasteiger partial charge in [0.05, 0.1) is 12.6 Å². The van der Waals surface area contributed by atoms with Crippen LogP contribution in [0.1, 0.15) is 25.3 Å². The molecule has 1 saturated heterocycles. The van der Waals surface area contributed by atoms with E-state index in [1.165, 1.54) is 6.92 Å². The fourth-order valence-electron chi connectivity index (χ4n) is 2.88. The van der Waals surface area contributed by atoms with Gasteiger partial charge in [0, 0.05) is 6.42 Å². The molecular formula is C19H26N4O5. The Hall–Kier alpha value is -2.94. The van der Waals surface area contributed by atoms with Gasteiger partial charge in [0.1, 0.15) is 12.1 Å². The van der Waals surface area contributed by atoms with E-state index in [0.717, 1.165) is 24.9 Å². The van der Waals surface area contributed by atoms with Crippen molar-refractivity contribution >= 4 is 23.7 Å². The Morgan fingerprint density at radius 2 is 1.89 bits per heavy atom. The molecule has 1 aliphatic rings. The van der Waals surface area contributed by atoms with E-state index in [9.17, 15) is 19.2 Å². The summed E-state index contributed by atoms with van der Waals surface area (Å²) in [6, 6.07) is 6.71. The largest absolute Gasteiger partial charge is 0.480 e. The third-order valence-corrected chi connectivity index (χ3v) is 4.46. The second-order valence-corrected chi connectivity index (χ2v) is 6.75. The summed E-state index contributed by atoms with van der Waals surface area (Å²) in [5.41, 5.74) is 0.810. The van der Waals surface area contributed by atoms with E-state index in [0.29, 0.717) is 0 Å². The van der Waals surface area contributed by atoms with Gasteiger partial charge in [0.25, 0.3) is 0 Å². The summed E-state index contributed by atoms with van der Waals surface area (Å²) in [6.45, 7) is 1.85. The monoisotopic (exact) mass is 390 g/mol. The SMILES string of the molecule is CC(NC(=O)C(Cc1ccccc1)NC(=O)CNC(=O)C1CCCN1)C(=O)O. The van der Waals surface area contributed by atoms with Crippen LogP contribution in [-0.4, -0.2) is 60.0 Å².